The van der Waals surface area contributed by atoms with Crippen molar-refractivity contribution >= 4 is 43.1 Å². The Morgan fingerprint density at radius 3 is 1.11 bits per heavy atom. The molecule has 0 unspecified atom stereocenters. The summed E-state index contributed by atoms with van der Waals surface area (Å²) in [5.41, 5.74) is 10.2. The van der Waals surface area contributed by atoms with Gasteiger partial charge < -0.3 is 10.2 Å². The number of aromatic hydroxyl groups is 2. The molecule has 324 valence electrons. The second kappa shape index (κ2) is 17.6. The first-order chi connectivity index (χ1) is 32.4. The van der Waals surface area contributed by atoms with Crippen LogP contribution in [0.2, 0.25) is 0 Å². The molecule has 1 aliphatic rings. The first kappa shape index (κ1) is 41.5. The van der Waals surface area contributed by atoms with Gasteiger partial charge in [-0.3, -0.25) is 9.80 Å². The fraction of sp³-hybridized carbons (Fsp3) is 0.161. The van der Waals surface area contributed by atoms with E-state index in [1.807, 2.05) is 0 Å². The molecule has 4 heteroatoms. The molecule has 1 fully saturated rings. The average Bonchev–Trinajstić information content (AvgIpc) is 3.37. The Morgan fingerprint density at radius 2 is 0.712 bits per heavy atom. The van der Waals surface area contributed by atoms with E-state index in [1.165, 1.54) is 0 Å². The maximum Gasteiger partial charge on any atom is 0.128 e. The van der Waals surface area contributed by atoms with E-state index < -0.39 is 0 Å². The summed E-state index contributed by atoms with van der Waals surface area (Å²) in [6.07, 6.45) is 4.41. The molecule has 0 spiro atoms. The van der Waals surface area contributed by atoms with Gasteiger partial charge in [-0.25, -0.2) is 0 Å². The van der Waals surface area contributed by atoms with E-state index in [4.69, 9.17) is 0 Å². The first-order valence-electron chi connectivity index (χ1n) is 23.5. The SMILES string of the molecule is CN(Cc1cc2ccccc2c(-c2c(-c3ccccc3)ccc3ccccc23)c1O)[C@H]1CCCC[C@@H]1N(C)Cc1cc2ccccc2c(-c2c(-c3ccccc3)ccc3ccccc23)c1O. The highest BCUT2D eigenvalue weighted by Crippen LogP contribution is 2.49. The molecule has 66 heavy (non-hydrogen) atoms. The van der Waals surface area contributed by atoms with Crippen LogP contribution >= 0.6 is 0 Å². The highest BCUT2D eigenvalue weighted by atomic mass is 16.3. The molecule has 10 aromatic carbocycles. The van der Waals surface area contributed by atoms with Gasteiger partial charge in [-0.15, -0.1) is 0 Å². The number of fused-ring (bicyclic) bond motifs is 4. The summed E-state index contributed by atoms with van der Waals surface area (Å²) in [4.78, 5) is 4.95. The predicted molar refractivity (Wildman–Crippen MR) is 277 cm³/mol. The molecular weight excluding hydrogens is 805 g/mol. The lowest BCUT2D eigenvalue weighted by Gasteiger charge is -2.43. The lowest BCUT2D eigenvalue weighted by atomic mass is 9.85. The Kier molecular flexibility index (Phi) is 11.1. The van der Waals surface area contributed by atoms with Gasteiger partial charge in [0.25, 0.3) is 0 Å². The molecule has 0 bridgehead atoms. The van der Waals surface area contributed by atoms with Crippen LogP contribution in [0.4, 0.5) is 0 Å². The second-order valence-electron chi connectivity index (χ2n) is 18.4. The summed E-state index contributed by atoms with van der Waals surface area (Å²) in [5.74, 6) is 0.679. The van der Waals surface area contributed by atoms with Crippen molar-refractivity contribution in [2.24, 2.45) is 0 Å². The molecule has 0 heterocycles. The number of phenolic OH excluding ortho intramolecular Hbond substituents is 2. The van der Waals surface area contributed by atoms with Crippen LogP contribution in [0.5, 0.6) is 11.5 Å². The van der Waals surface area contributed by atoms with E-state index in [0.29, 0.717) is 24.6 Å². The highest BCUT2D eigenvalue weighted by molar-refractivity contribution is 6.14. The third-order valence-electron chi connectivity index (χ3n) is 14.4. The van der Waals surface area contributed by atoms with E-state index >= 15 is 0 Å². The van der Waals surface area contributed by atoms with E-state index in [1.54, 1.807) is 0 Å². The Labute approximate surface area is 387 Å². The van der Waals surface area contributed by atoms with E-state index in [9.17, 15) is 10.2 Å². The molecule has 2 atom stereocenters. The normalized spacial score (nSPS) is 15.4. The summed E-state index contributed by atoms with van der Waals surface area (Å²) in [5, 5.41) is 34.3. The van der Waals surface area contributed by atoms with Crippen LogP contribution in [0.1, 0.15) is 36.8 Å². The Morgan fingerprint density at radius 1 is 0.379 bits per heavy atom. The number of likely N-dealkylation sites (N-methyl/N-ethyl adjacent to an activating group) is 2. The van der Waals surface area contributed by atoms with Crippen molar-refractivity contribution < 1.29 is 10.2 Å². The topological polar surface area (TPSA) is 46.9 Å². The van der Waals surface area contributed by atoms with Gasteiger partial charge in [0, 0.05) is 58.6 Å². The minimum absolute atomic E-state index is 0.236. The van der Waals surface area contributed by atoms with Gasteiger partial charge in [0.15, 0.2) is 0 Å². The smallest absolute Gasteiger partial charge is 0.128 e. The van der Waals surface area contributed by atoms with Crippen molar-refractivity contribution in [1.29, 1.82) is 0 Å². The molecule has 0 radical (unpaired) electrons. The zero-order valence-electron chi connectivity index (χ0n) is 37.7. The second-order valence-corrected chi connectivity index (χ2v) is 18.4. The first-order valence-corrected chi connectivity index (χ1v) is 23.5. The van der Waals surface area contributed by atoms with E-state index in [2.05, 4.69) is 218 Å². The standard InChI is InChI=1S/C62H54N2O2/c1-63(39-47-37-45-25-11-15-29-51(45)59(61(47)65)57-49-27-13-9-23-43(49)33-35-53(57)41-19-5-3-6-20-41)55-31-17-18-32-56(55)64(2)40-48-38-46-26-12-16-30-52(46)60(62(48)66)58-50-28-14-10-24-44(50)34-36-54(58)42-21-7-4-8-22-42/h3-16,19-30,33-38,55-56,65-66H,17-18,31-32,39-40H2,1-2H3/t55-,56-/m0/s1. The van der Waals surface area contributed by atoms with Gasteiger partial charge >= 0.3 is 0 Å². The van der Waals surface area contributed by atoms with Crippen LogP contribution in [-0.2, 0) is 13.1 Å². The van der Waals surface area contributed by atoms with Crippen molar-refractivity contribution in [2.75, 3.05) is 14.1 Å². The fourth-order valence-corrected chi connectivity index (χ4v) is 11.2. The molecule has 0 saturated heterocycles. The van der Waals surface area contributed by atoms with Crippen LogP contribution in [0.3, 0.4) is 0 Å². The molecule has 0 aliphatic heterocycles. The lowest BCUT2D eigenvalue weighted by molar-refractivity contribution is 0.0686. The molecule has 0 amide bonds. The van der Waals surface area contributed by atoms with Crippen molar-refractivity contribution in [3.8, 4) is 56.0 Å². The zero-order chi connectivity index (χ0) is 44.7. The Hall–Kier alpha value is -7.24. The summed E-state index contributed by atoms with van der Waals surface area (Å²) in [6, 6.07) is 68.9. The third kappa shape index (κ3) is 7.46. The minimum Gasteiger partial charge on any atom is -0.507 e. The van der Waals surface area contributed by atoms with Crippen molar-refractivity contribution in [1.82, 2.24) is 9.80 Å². The van der Waals surface area contributed by atoms with Gasteiger partial charge in [0.1, 0.15) is 11.5 Å². The van der Waals surface area contributed by atoms with Crippen molar-refractivity contribution in [3.05, 3.63) is 205 Å². The molecule has 2 N–H and O–H groups in total. The molecule has 1 saturated carbocycles. The van der Waals surface area contributed by atoms with Crippen LogP contribution in [-0.4, -0.2) is 46.2 Å². The number of hydrogen-bond donors (Lipinski definition) is 2. The number of phenols is 2. The fourth-order valence-electron chi connectivity index (χ4n) is 11.2. The van der Waals surface area contributed by atoms with Gasteiger partial charge in [-0.05, 0) is 104 Å². The average molecular weight is 859 g/mol. The van der Waals surface area contributed by atoms with Crippen LogP contribution < -0.4 is 0 Å². The van der Waals surface area contributed by atoms with E-state index in [0.717, 1.165) is 124 Å². The summed E-state index contributed by atoms with van der Waals surface area (Å²) >= 11 is 0. The predicted octanol–water partition coefficient (Wildman–Crippen LogP) is 15.3. The molecule has 11 rings (SSSR count). The molecule has 0 aromatic heterocycles. The summed E-state index contributed by atoms with van der Waals surface area (Å²) in [7, 11) is 4.46. The summed E-state index contributed by atoms with van der Waals surface area (Å²) in [6.45, 7) is 1.19. The molecular formula is C62H54N2O2. The maximum absolute atomic E-state index is 12.7. The van der Waals surface area contributed by atoms with Gasteiger partial charge in [0.05, 0.1) is 0 Å². The maximum atomic E-state index is 12.7. The number of rotatable bonds is 10. The van der Waals surface area contributed by atoms with Gasteiger partial charge in [-0.2, -0.15) is 0 Å². The monoisotopic (exact) mass is 858 g/mol. The van der Waals surface area contributed by atoms with Gasteiger partial charge in [-0.1, -0.05) is 195 Å². The molecule has 10 aromatic rings. The molecule has 4 nitrogen and oxygen atoms in total. The lowest BCUT2D eigenvalue weighted by Crippen LogP contribution is -2.50. The van der Waals surface area contributed by atoms with Crippen molar-refractivity contribution in [2.45, 2.75) is 50.9 Å². The zero-order valence-corrected chi connectivity index (χ0v) is 37.7. The van der Waals surface area contributed by atoms with Crippen LogP contribution in [0.25, 0.3) is 87.6 Å². The van der Waals surface area contributed by atoms with Crippen molar-refractivity contribution in [3.63, 3.8) is 0 Å². The summed E-state index contributed by atoms with van der Waals surface area (Å²) < 4.78 is 0. The van der Waals surface area contributed by atoms with E-state index in [-0.39, 0.29) is 12.1 Å². The highest BCUT2D eigenvalue weighted by Gasteiger charge is 2.33. The number of benzene rings is 10. The third-order valence-corrected chi connectivity index (χ3v) is 14.4. The quantitative estimate of drug-likeness (QED) is 0.144. The Balaban J connectivity index is 0.969. The minimum atomic E-state index is 0.236. The van der Waals surface area contributed by atoms with Crippen LogP contribution in [0, 0.1) is 0 Å². The number of nitrogens with zero attached hydrogens (tertiary/aromatic N) is 2. The largest absolute Gasteiger partial charge is 0.507 e. The van der Waals surface area contributed by atoms with Crippen LogP contribution in [0.15, 0.2) is 194 Å². The van der Waals surface area contributed by atoms with Gasteiger partial charge in [0.2, 0.25) is 0 Å². The Bertz CT molecular complexity index is 3170. The molecule has 1 aliphatic carbocycles. The number of hydrogen-bond acceptors (Lipinski definition) is 4.